The van der Waals surface area contributed by atoms with Crippen LogP contribution in [0.4, 0.5) is 5.82 Å². The Labute approximate surface area is 94.5 Å². The van der Waals surface area contributed by atoms with Crippen molar-refractivity contribution in [2.24, 2.45) is 0 Å². The highest BCUT2D eigenvalue weighted by Crippen LogP contribution is 2.07. The maximum absolute atomic E-state index is 10.7. The fraction of sp³-hybridized carbons (Fsp3) is 0.500. The summed E-state index contributed by atoms with van der Waals surface area (Å²) in [6.07, 6.45) is 2.80. The Hall–Kier alpha value is -1.69. The molecule has 6 nitrogen and oxygen atoms in total. The third-order valence-corrected chi connectivity index (χ3v) is 2.11. The largest absolute Gasteiger partial charge is 0.476 e. The predicted octanol–water partition coefficient (Wildman–Crippen LogP) is 0.173. The molecule has 0 aliphatic heterocycles. The van der Waals surface area contributed by atoms with Crippen molar-refractivity contribution in [1.82, 2.24) is 14.9 Å². The molecule has 1 rings (SSSR count). The van der Waals surface area contributed by atoms with E-state index < -0.39 is 5.97 Å². The molecule has 0 bridgehead atoms. The van der Waals surface area contributed by atoms with Crippen LogP contribution >= 0.6 is 0 Å². The maximum atomic E-state index is 10.7. The first kappa shape index (κ1) is 12.4. The zero-order valence-corrected chi connectivity index (χ0v) is 9.71. The zero-order chi connectivity index (χ0) is 12.1. The van der Waals surface area contributed by atoms with Gasteiger partial charge in [0.2, 0.25) is 0 Å². The monoisotopic (exact) mass is 224 g/mol. The number of hydrogen-bond acceptors (Lipinski definition) is 5. The van der Waals surface area contributed by atoms with Gasteiger partial charge in [0.05, 0.1) is 12.4 Å². The van der Waals surface area contributed by atoms with Crippen molar-refractivity contribution >= 4 is 11.8 Å². The van der Waals surface area contributed by atoms with Crippen molar-refractivity contribution in [2.75, 3.05) is 39.1 Å². The predicted molar refractivity (Wildman–Crippen MR) is 60.8 cm³/mol. The number of carboxylic acids is 1. The molecule has 0 atom stereocenters. The van der Waals surface area contributed by atoms with E-state index in [1.807, 2.05) is 30.9 Å². The van der Waals surface area contributed by atoms with E-state index in [2.05, 4.69) is 9.97 Å². The first-order chi connectivity index (χ1) is 7.50. The summed E-state index contributed by atoms with van der Waals surface area (Å²) in [7, 11) is 5.82. The second kappa shape index (κ2) is 5.41. The molecule has 16 heavy (non-hydrogen) atoms. The number of anilines is 1. The van der Waals surface area contributed by atoms with Crippen molar-refractivity contribution < 1.29 is 9.90 Å². The highest BCUT2D eigenvalue weighted by atomic mass is 16.4. The minimum Gasteiger partial charge on any atom is -0.476 e. The molecular weight excluding hydrogens is 208 g/mol. The van der Waals surface area contributed by atoms with Gasteiger partial charge in [-0.3, -0.25) is 4.98 Å². The smallest absolute Gasteiger partial charge is 0.356 e. The molecule has 0 amide bonds. The quantitative estimate of drug-likeness (QED) is 0.769. The molecule has 1 heterocycles. The van der Waals surface area contributed by atoms with Crippen LogP contribution in [0.5, 0.6) is 0 Å². The summed E-state index contributed by atoms with van der Waals surface area (Å²) < 4.78 is 0. The standard InChI is InChI=1S/C10H16N4O2/c1-13(2)4-5-14(3)9-7-11-6-8(12-9)10(15)16/h6-7H,4-5H2,1-3H3,(H,15,16). The van der Waals surface area contributed by atoms with E-state index in [0.29, 0.717) is 5.82 Å². The van der Waals surface area contributed by atoms with Gasteiger partial charge in [-0.25, -0.2) is 9.78 Å². The van der Waals surface area contributed by atoms with E-state index in [1.54, 1.807) is 6.20 Å². The molecule has 1 N–H and O–H groups in total. The SMILES string of the molecule is CN(C)CCN(C)c1cncc(C(=O)O)n1. The van der Waals surface area contributed by atoms with Gasteiger partial charge < -0.3 is 14.9 Å². The van der Waals surface area contributed by atoms with Gasteiger partial charge in [-0.15, -0.1) is 0 Å². The lowest BCUT2D eigenvalue weighted by atomic mass is 10.4. The third-order valence-electron chi connectivity index (χ3n) is 2.11. The Morgan fingerprint density at radius 1 is 1.31 bits per heavy atom. The lowest BCUT2D eigenvalue weighted by Gasteiger charge is -2.20. The summed E-state index contributed by atoms with van der Waals surface area (Å²) in [5.74, 6) is -0.489. The van der Waals surface area contributed by atoms with E-state index in [1.165, 1.54) is 6.20 Å². The minimum absolute atomic E-state index is 0.0331. The zero-order valence-electron chi connectivity index (χ0n) is 9.71. The summed E-state index contributed by atoms with van der Waals surface area (Å²) in [4.78, 5) is 22.5. The Bertz CT molecular complexity index is 368. The number of hydrogen-bond donors (Lipinski definition) is 1. The molecular formula is C10H16N4O2. The number of rotatable bonds is 5. The van der Waals surface area contributed by atoms with Gasteiger partial charge in [0.1, 0.15) is 5.82 Å². The average molecular weight is 224 g/mol. The van der Waals surface area contributed by atoms with E-state index in [0.717, 1.165) is 13.1 Å². The highest BCUT2D eigenvalue weighted by molar-refractivity contribution is 5.85. The van der Waals surface area contributed by atoms with Crippen LogP contribution in [0.2, 0.25) is 0 Å². The summed E-state index contributed by atoms with van der Waals surface area (Å²) >= 11 is 0. The lowest BCUT2D eigenvalue weighted by molar-refractivity contribution is 0.0690. The van der Waals surface area contributed by atoms with Crippen molar-refractivity contribution in [3.63, 3.8) is 0 Å². The van der Waals surface area contributed by atoms with Crippen LogP contribution < -0.4 is 4.90 Å². The van der Waals surface area contributed by atoms with Crippen LogP contribution in [0.1, 0.15) is 10.5 Å². The van der Waals surface area contributed by atoms with Crippen LogP contribution in [0.15, 0.2) is 12.4 Å². The molecule has 0 unspecified atom stereocenters. The van der Waals surface area contributed by atoms with Crippen LogP contribution in [0.25, 0.3) is 0 Å². The molecule has 0 aliphatic carbocycles. The highest BCUT2D eigenvalue weighted by Gasteiger charge is 2.09. The second-order valence-corrected chi connectivity index (χ2v) is 3.79. The number of nitrogens with zero attached hydrogens (tertiary/aromatic N) is 4. The summed E-state index contributed by atoms with van der Waals surface area (Å²) in [6.45, 7) is 1.64. The van der Waals surface area contributed by atoms with Gasteiger partial charge in [0.15, 0.2) is 5.69 Å². The van der Waals surface area contributed by atoms with Gasteiger partial charge >= 0.3 is 5.97 Å². The van der Waals surface area contributed by atoms with E-state index in [-0.39, 0.29) is 5.69 Å². The van der Waals surface area contributed by atoms with Gasteiger partial charge in [-0.05, 0) is 14.1 Å². The van der Waals surface area contributed by atoms with E-state index in [4.69, 9.17) is 5.11 Å². The molecule has 1 aromatic heterocycles. The first-order valence-electron chi connectivity index (χ1n) is 4.92. The average Bonchev–Trinajstić information content (AvgIpc) is 2.26. The maximum Gasteiger partial charge on any atom is 0.356 e. The van der Waals surface area contributed by atoms with Crippen LogP contribution in [-0.2, 0) is 0 Å². The molecule has 88 valence electrons. The normalized spacial score (nSPS) is 10.5. The Kier molecular flexibility index (Phi) is 4.19. The number of carboxylic acid groups (broad SMARTS) is 1. The van der Waals surface area contributed by atoms with Crippen molar-refractivity contribution in [3.8, 4) is 0 Å². The molecule has 0 aromatic carbocycles. The van der Waals surface area contributed by atoms with E-state index >= 15 is 0 Å². The van der Waals surface area contributed by atoms with Crippen LogP contribution in [-0.4, -0.2) is 60.2 Å². The van der Waals surface area contributed by atoms with Gasteiger partial charge in [0.25, 0.3) is 0 Å². The van der Waals surface area contributed by atoms with Gasteiger partial charge in [0, 0.05) is 20.1 Å². The summed E-state index contributed by atoms with van der Waals surface area (Å²) in [6, 6.07) is 0. The third kappa shape index (κ3) is 3.47. The molecule has 0 spiro atoms. The number of aromatic carboxylic acids is 1. The van der Waals surface area contributed by atoms with E-state index in [9.17, 15) is 4.79 Å². The van der Waals surface area contributed by atoms with Gasteiger partial charge in [-0.2, -0.15) is 0 Å². The Morgan fingerprint density at radius 2 is 2.00 bits per heavy atom. The number of carbonyl (C=O) groups is 1. The van der Waals surface area contributed by atoms with Gasteiger partial charge in [-0.1, -0.05) is 0 Å². The van der Waals surface area contributed by atoms with Crippen molar-refractivity contribution in [2.45, 2.75) is 0 Å². The summed E-state index contributed by atoms with van der Waals surface area (Å²) in [5.41, 5.74) is -0.0331. The van der Waals surface area contributed by atoms with Crippen molar-refractivity contribution in [3.05, 3.63) is 18.1 Å². The fourth-order valence-electron chi connectivity index (χ4n) is 1.11. The summed E-state index contributed by atoms with van der Waals surface area (Å²) in [5, 5.41) is 8.78. The van der Waals surface area contributed by atoms with Crippen molar-refractivity contribution in [1.29, 1.82) is 0 Å². The Morgan fingerprint density at radius 3 is 2.56 bits per heavy atom. The molecule has 0 saturated heterocycles. The topological polar surface area (TPSA) is 69.6 Å². The molecule has 0 saturated carbocycles. The molecule has 0 radical (unpaired) electrons. The van der Waals surface area contributed by atoms with Crippen LogP contribution in [0.3, 0.4) is 0 Å². The molecule has 6 heteroatoms. The number of aromatic nitrogens is 2. The molecule has 1 aromatic rings. The first-order valence-corrected chi connectivity index (χ1v) is 4.92. The Balaban J connectivity index is 2.71. The minimum atomic E-state index is -1.06. The molecule has 0 fully saturated rings. The lowest BCUT2D eigenvalue weighted by Crippen LogP contribution is -2.29. The number of likely N-dealkylation sites (N-methyl/N-ethyl adjacent to an activating group) is 2. The fourth-order valence-corrected chi connectivity index (χ4v) is 1.11. The molecule has 0 aliphatic rings. The van der Waals surface area contributed by atoms with Crippen LogP contribution in [0, 0.1) is 0 Å². The second-order valence-electron chi connectivity index (χ2n) is 3.79.